The maximum atomic E-state index is 14.3. The fourth-order valence-corrected chi connectivity index (χ4v) is 9.28. The summed E-state index contributed by atoms with van der Waals surface area (Å²) in [5.41, 5.74) is -4.94. The number of hydrogen-bond acceptors (Lipinski definition) is 10. The van der Waals surface area contributed by atoms with Crippen molar-refractivity contribution >= 4 is 17.7 Å². The van der Waals surface area contributed by atoms with Crippen LogP contribution in [0, 0.1) is 111 Å². The van der Waals surface area contributed by atoms with Crippen molar-refractivity contribution in [3.05, 3.63) is 82.9 Å². The number of aliphatic hydroxyl groups is 5. The average Bonchev–Trinajstić information content (AvgIpc) is 3.06. The van der Waals surface area contributed by atoms with Crippen molar-refractivity contribution in [1.29, 1.82) is 0 Å². The molecule has 50 heavy (non-hydrogen) atoms. The van der Waals surface area contributed by atoms with Crippen molar-refractivity contribution in [3.63, 3.8) is 0 Å². The molecule has 3 fully saturated rings. The Morgan fingerprint density at radius 2 is 1.56 bits per heavy atom. The molecule has 1 aliphatic heterocycles. The summed E-state index contributed by atoms with van der Waals surface area (Å²) in [6, 6.07) is 15.6. The predicted octanol–water partition coefficient (Wildman–Crippen LogP) is 2.00. The molecule has 1 amide bonds. The Morgan fingerprint density at radius 1 is 0.980 bits per heavy atom. The zero-order valence-corrected chi connectivity index (χ0v) is 38.4. The summed E-state index contributed by atoms with van der Waals surface area (Å²) in [6.45, 7) is 8.16. The van der Waals surface area contributed by atoms with E-state index in [4.69, 9.17) is 9.47 Å². The molecule has 2 bridgehead atoms. The number of benzene rings is 2. The van der Waals surface area contributed by atoms with E-state index >= 15 is 0 Å². The Kier molecular flexibility index (Phi) is 12.9. The number of carbonyl (C=O) groups is 3. The third-order valence-corrected chi connectivity index (χ3v) is 12.2. The molecule has 13 heteroatoms. The fraction of sp³-hybridized carbons (Fsp3) is 0.541. The number of carbonyl (C=O) groups excluding carboxylic acids is 3. The van der Waals surface area contributed by atoms with Crippen molar-refractivity contribution in [3.8, 4) is 0 Å². The number of fused-ring (bicyclic) bond motifs is 5. The van der Waals surface area contributed by atoms with Gasteiger partial charge in [-0.15, -0.1) is 0 Å². The Labute approximate surface area is 363 Å². The van der Waals surface area contributed by atoms with E-state index in [1.54, 1.807) is 88.4 Å². The van der Waals surface area contributed by atoms with Crippen molar-refractivity contribution in [1.82, 2.24) is 5.32 Å². The number of rotatable bonds is 6. The van der Waals surface area contributed by atoms with E-state index in [0.29, 0.717) is 16.7 Å². The van der Waals surface area contributed by atoms with E-state index in [1.807, 2.05) is 0 Å². The van der Waals surface area contributed by atoms with Crippen LogP contribution in [-0.2, 0) is 19.1 Å². The summed E-state index contributed by atoms with van der Waals surface area (Å²) in [7, 11) is 0. The summed E-state index contributed by atoms with van der Waals surface area (Å²) in [5.74, 6) is -4.18. The molecule has 2 aromatic rings. The van der Waals surface area contributed by atoms with Gasteiger partial charge in [0, 0.05) is 118 Å². The van der Waals surface area contributed by atoms with Gasteiger partial charge in [-0.2, -0.15) is 0 Å². The minimum Gasteiger partial charge on any atom is -0.456 e. The molecule has 1 heterocycles. The van der Waals surface area contributed by atoms with E-state index in [2.05, 4.69) is 5.32 Å². The van der Waals surface area contributed by atoms with Crippen LogP contribution in [0.1, 0.15) is 69.4 Å². The fourth-order valence-electron chi connectivity index (χ4n) is 9.28. The van der Waals surface area contributed by atoms with Crippen LogP contribution in [0.2, 0.25) is 0 Å². The molecule has 2 saturated carbocycles. The monoisotopic (exact) mass is 1120 g/mol. The third-order valence-electron chi connectivity index (χ3n) is 12.2. The minimum absolute atomic E-state index is 0. The first-order valence-electron chi connectivity index (χ1n) is 16.5. The topological polar surface area (TPSA) is 183 Å². The standard InChI is InChI=1S/C37H45NO10.2Ac/c1-19-23(48-33(44)29(41)27(21-12-8-6-9-13-21)38-32(43)22-14-10-7-11-15-22)17-37(46)20(2)30-35(5,24(39)16-25-36(30,45)18-47-25)31(42)28(40)26(19)34(37,3)4;;/h6-15,20,23-25,27-30,39-41,45-46H,16-18H2,1-5H3,(H,38,43);;. The maximum absolute atomic E-state index is 14.3. The van der Waals surface area contributed by atoms with Crippen molar-refractivity contribution in [2.24, 2.45) is 22.7 Å². The molecule has 1 saturated heterocycles. The second-order valence-corrected chi connectivity index (χ2v) is 14.8. The summed E-state index contributed by atoms with van der Waals surface area (Å²) >= 11 is 0. The van der Waals surface area contributed by atoms with Crippen LogP contribution in [0.25, 0.3) is 0 Å². The minimum atomic E-state index is -1.87. The molecular formula is C37H45Ac2NO10. The van der Waals surface area contributed by atoms with Gasteiger partial charge in [-0.3, -0.25) is 9.59 Å². The van der Waals surface area contributed by atoms with E-state index < -0.39 is 88.1 Å². The van der Waals surface area contributed by atoms with Gasteiger partial charge < -0.3 is 40.3 Å². The van der Waals surface area contributed by atoms with Crippen LogP contribution in [0.5, 0.6) is 0 Å². The van der Waals surface area contributed by atoms with E-state index in [-0.39, 0.29) is 113 Å². The zero-order valence-electron chi connectivity index (χ0n) is 28.9. The summed E-state index contributed by atoms with van der Waals surface area (Å²) in [4.78, 5) is 41.2. The number of aliphatic hydroxyl groups excluding tert-OH is 3. The molecular weight excluding hydrogens is 1070 g/mol. The molecule has 11 nitrogen and oxygen atoms in total. The number of esters is 1. The number of hydrogen-bond donors (Lipinski definition) is 6. The van der Waals surface area contributed by atoms with Crippen LogP contribution in [0.3, 0.4) is 0 Å². The molecule has 4 aliphatic rings. The second kappa shape index (κ2) is 15.3. The van der Waals surface area contributed by atoms with Gasteiger partial charge in [-0.1, -0.05) is 69.3 Å². The quantitative estimate of drug-likeness (QED) is 0.185. The number of Topliss-reactive ketones (excluding diaryl/α,β-unsaturated/α-hetero) is 1. The first kappa shape index (κ1) is 42.2. The van der Waals surface area contributed by atoms with Crippen LogP contribution in [0.15, 0.2) is 71.8 Å². The van der Waals surface area contributed by atoms with Gasteiger partial charge in [-0.25, -0.2) is 4.79 Å². The van der Waals surface area contributed by atoms with Gasteiger partial charge in [0.05, 0.1) is 35.9 Å². The molecule has 2 aromatic carbocycles. The number of ketones is 1. The summed E-state index contributed by atoms with van der Waals surface area (Å²) in [5, 5.41) is 62.0. The van der Waals surface area contributed by atoms with Crippen LogP contribution < -0.4 is 5.32 Å². The summed E-state index contributed by atoms with van der Waals surface area (Å²) < 4.78 is 11.5. The Balaban J connectivity index is 0.00000281. The maximum Gasteiger partial charge on any atom is 0.338 e. The molecule has 6 rings (SSSR count). The molecule has 3 aliphatic carbocycles. The van der Waals surface area contributed by atoms with Crippen molar-refractivity contribution in [2.75, 3.05) is 6.61 Å². The van der Waals surface area contributed by atoms with Gasteiger partial charge in [-0.05, 0) is 48.6 Å². The molecule has 2 radical (unpaired) electrons. The Bertz CT molecular complexity index is 1640. The van der Waals surface area contributed by atoms with Gasteiger partial charge >= 0.3 is 5.97 Å². The van der Waals surface area contributed by atoms with E-state index in [9.17, 15) is 39.9 Å². The average molecular weight is 1120 g/mol. The van der Waals surface area contributed by atoms with Gasteiger partial charge in [0.25, 0.3) is 5.91 Å². The third kappa shape index (κ3) is 6.50. The van der Waals surface area contributed by atoms with Crippen molar-refractivity contribution in [2.45, 2.75) is 95.2 Å². The van der Waals surface area contributed by atoms with E-state index in [0.717, 1.165) is 0 Å². The number of ether oxygens (including phenoxy) is 2. The first-order valence-corrected chi connectivity index (χ1v) is 16.5. The summed E-state index contributed by atoms with van der Waals surface area (Å²) in [6.07, 6.45) is -7.06. The number of amides is 1. The van der Waals surface area contributed by atoms with E-state index in [1.165, 1.54) is 6.92 Å². The molecule has 6 N–H and O–H groups in total. The molecule has 11 atom stereocenters. The van der Waals surface area contributed by atoms with Gasteiger partial charge in [0.1, 0.15) is 17.8 Å². The predicted molar refractivity (Wildman–Crippen MR) is 172 cm³/mol. The van der Waals surface area contributed by atoms with Crippen LogP contribution >= 0.6 is 0 Å². The van der Waals surface area contributed by atoms with Crippen LogP contribution in [-0.4, -0.2) is 91.5 Å². The largest absolute Gasteiger partial charge is 0.456 e. The SMILES string of the molecule is CC1=C2C(O)C(=O)C3(C)C(O)CC4OCC4(O)C3C(C)C(O)(CC1OC(=O)C(O)C(NC(=O)c1ccccc1)c1ccccc1)C2(C)C.[Ac].[Ac]. The molecule has 11 unspecified atom stereocenters. The normalized spacial score (nSPS) is 36.7. The molecule has 264 valence electrons. The van der Waals surface area contributed by atoms with Crippen molar-refractivity contribution < 1.29 is 138 Å². The Morgan fingerprint density at radius 3 is 2.12 bits per heavy atom. The smallest absolute Gasteiger partial charge is 0.338 e. The molecule has 0 aromatic heterocycles. The molecule has 0 spiro atoms. The van der Waals surface area contributed by atoms with Gasteiger partial charge in [0.2, 0.25) is 0 Å². The van der Waals surface area contributed by atoms with Gasteiger partial charge in [0.15, 0.2) is 11.9 Å². The number of nitrogens with one attached hydrogen (secondary N) is 1. The first-order chi connectivity index (χ1) is 22.5. The zero-order chi connectivity index (χ0) is 35.0. The Hall–Kier alpha value is -0.567. The second-order valence-electron chi connectivity index (χ2n) is 14.8. The van der Waals surface area contributed by atoms with Crippen LogP contribution in [0.4, 0.5) is 0 Å².